The first-order valence-electron chi connectivity index (χ1n) is 6.47. The summed E-state index contributed by atoms with van der Waals surface area (Å²) in [5.74, 6) is 1.44. The minimum absolute atomic E-state index is 0.629. The van der Waals surface area contributed by atoms with Crippen LogP contribution in [0.15, 0.2) is 4.47 Å². The maximum Gasteiger partial charge on any atom is 0.232 e. The van der Waals surface area contributed by atoms with Crippen molar-refractivity contribution in [3.05, 3.63) is 10.2 Å². The van der Waals surface area contributed by atoms with Crippen molar-refractivity contribution >= 4 is 21.9 Å². The number of rotatable bonds is 2. The Morgan fingerprint density at radius 2 is 1.83 bits per heavy atom. The quantitative estimate of drug-likeness (QED) is 0.841. The zero-order valence-corrected chi connectivity index (χ0v) is 12.5. The van der Waals surface area contributed by atoms with Crippen molar-refractivity contribution in [2.75, 3.05) is 25.1 Å². The van der Waals surface area contributed by atoms with Gasteiger partial charge in [-0.2, -0.15) is 4.98 Å². The number of aryl methyl sites for hydroxylation is 1. The summed E-state index contributed by atoms with van der Waals surface area (Å²) in [6, 6.07) is 0. The average molecular weight is 312 g/mol. The lowest BCUT2D eigenvalue weighted by molar-refractivity contribution is 0.374. The third-order valence-electron chi connectivity index (χ3n) is 4.23. The van der Waals surface area contributed by atoms with Gasteiger partial charge in [-0.3, -0.25) is 0 Å². The van der Waals surface area contributed by atoms with Crippen LogP contribution in [0.1, 0.15) is 31.4 Å². The molecule has 1 saturated heterocycles. The molecule has 0 aromatic carbocycles. The number of aromatic nitrogens is 2. The number of nitrogens with zero attached hydrogens (tertiary/aromatic N) is 3. The number of methoxy groups -OCH3 is 1. The van der Waals surface area contributed by atoms with Gasteiger partial charge in [0.2, 0.25) is 11.8 Å². The van der Waals surface area contributed by atoms with Crippen molar-refractivity contribution in [3.63, 3.8) is 0 Å². The maximum absolute atomic E-state index is 5.29. The van der Waals surface area contributed by atoms with Crippen LogP contribution in [0.2, 0.25) is 0 Å². The molecule has 0 amide bonds. The number of anilines is 1. The monoisotopic (exact) mass is 311 g/mol. The van der Waals surface area contributed by atoms with E-state index in [4.69, 9.17) is 4.74 Å². The van der Waals surface area contributed by atoms with E-state index in [0.29, 0.717) is 11.3 Å². The van der Waals surface area contributed by atoms with Gasteiger partial charge in [0.05, 0.1) is 12.8 Å². The third kappa shape index (κ3) is 2.09. The topological polar surface area (TPSA) is 38.2 Å². The molecular weight excluding hydrogens is 294 g/mol. The summed E-state index contributed by atoms with van der Waals surface area (Å²) in [6.07, 6.45) is 5.41. The second-order valence-electron chi connectivity index (χ2n) is 5.42. The molecular formula is C13H18BrN3O. The van der Waals surface area contributed by atoms with Crippen LogP contribution >= 0.6 is 15.9 Å². The molecule has 1 aromatic rings. The Bertz CT molecular complexity index is 464. The smallest absolute Gasteiger partial charge is 0.232 e. The van der Waals surface area contributed by atoms with E-state index in [9.17, 15) is 0 Å². The van der Waals surface area contributed by atoms with Crippen LogP contribution in [0.4, 0.5) is 5.95 Å². The first kappa shape index (κ1) is 12.2. The fourth-order valence-corrected chi connectivity index (χ4v) is 2.99. The normalized spacial score (nSPS) is 21.2. The minimum Gasteiger partial charge on any atom is -0.480 e. The highest BCUT2D eigenvalue weighted by atomic mass is 79.9. The molecule has 0 atom stereocenters. The molecule has 1 aliphatic carbocycles. The van der Waals surface area contributed by atoms with Crippen LogP contribution in [-0.4, -0.2) is 30.2 Å². The van der Waals surface area contributed by atoms with Gasteiger partial charge < -0.3 is 9.64 Å². The molecule has 0 radical (unpaired) electrons. The Labute approximate surface area is 116 Å². The fraction of sp³-hybridized carbons (Fsp3) is 0.692. The van der Waals surface area contributed by atoms with Crippen molar-refractivity contribution < 1.29 is 4.74 Å². The van der Waals surface area contributed by atoms with Crippen molar-refractivity contribution in [2.24, 2.45) is 5.41 Å². The summed E-state index contributed by atoms with van der Waals surface area (Å²) < 4.78 is 6.14. The van der Waals surface area contributed by atoms with E-state index in [1.807, 2.05) is 6.92 Å². The van der Waals surface area contributed by atoms with Crippen molar-refractivity contribution in [1.29, 1.82) is 0 Å². The second kappa shape index (κ2) is 4.37. The predicted molar refractivity (Wildman–Crippen MR) is 74.1 cm³/mol. The van der Waals surface area contributed by atoms with Crippen LogP contribution in [0.3, 0.4) is 0 Å². The average Bonchev–Trinajstić information content (AvgIpc) is 3.13. The van der Waals surface area contributed by atoms with Crippen molar-refractivity contribution in [1.82, 2.24) is 9.97 Å². The van der Waals surface area contributed by atoms with E-state index in [-0.39, 0.29) is 0 Å². The van der Waals surface area contributed by atoms with Crippen LogP contribution in [0.5, 0.6) is 5.88 Å². The standard InChI is InChI=1S/C13H18BrN3O/c1-9-10(14)11(18-2)16-12(15-9)17-7-5-13(3-4-13)6-8-17/h3-8H2,1-2H3. The van der Waals surface area contributed by atoms with Gasteiger partial charge in [0.15, 0.2) is 0 Å². The van der Waals surface area contributed by atoms with Gasteiger partial charge in [0.1, 0.15) is 4.47 Å². The molecule has 0 N–H and O–H groups in total. The van der Waals surface area contributed by atoms with Crippen molar-refractivity contribution in [2.45, 2.75) is 32.6 Å². The molecule has 1 saturated carbocycles. The van der Waals surface area contributed by atoms with Crippen LogP contribution in [0.25, 0.3) is 0 Å². The minimum atomic E-state index is 0.629. The first-order chi connectivity index (χ1) is 8.63. The van der Waals surface area contributed by atoms with E-state index >= 15 is 0 Å². The molecule has 98 valence electrons. The lowest BCUT2D eigenvalue weighted by atomic mass is 9.94. The summed E-state index contributed by atoms with van der Waals surface area (Å²) in [4.78, 5) is 11.3. The van der Waals surface area contributed by atoms with Crippen LogP contribution in [-0.2, 0) is 0 Å². The summed E-state index contributed by atoms with van der Waals surface area (Å²) in [6.45, 7) is 4.12. The third-order valence-corrected chi connectivity index (χ3v) is 5.15. The molecule has 2 aliphatic rings. The molecule has 0 unspecified atom stereocenters. The highest BCUT2D eigenvalue weighted by Crippen LogP contribution is 2.53. The largest absolute Gasteiger partial charge is 0.480 e. The van der Waals surface area contributed by atoms with Gasteiger partial charge in [0.25, 0.3) is 0 Å². The number of hydrogen-bond acceptors (Lipinski definition) is 4. The summed E-state index contributed by atoms with van der Waals surface area (Å²) in [7, 11) is 1.64. The van der Waals surface area contributed by atoms with E-state index in [1.165, 1.54) is 25.7 Å². The molecule has 2 fully saturated rings. The molecule has 5 heteroatoms. The highest BCUT2D eigenvalue weighted by Gasteiger charge is 2.44. The number of hydrogen-bond donors (Lipinski definition) is 0. The van der Waals surface area contributed by atoms with Crippen LogP contribution in [0, 0.1) is 12.3 Å². The van der Waals surface area contributed by atoms with Gasteiger partial charge >= 0.3 is 0 Å². The Hall–Kier alpha value is -0.840. The van der Waals surface area contributed by atoms with Gasteiger partial charge in [0, 0.05) is 13.1 Å². The molecule has 4 nitrogen and oxygen atoms in total. The molecule has 1 spiro atoms. The lowest BCUT2D eigenvalue weighted by Crippen LogP contribution is -2.35. The molecule has 1 aliphatic heterocycles. The predicted octanol–water partition coefficient (Wildman–Crippen LogP) is 2.94. The van der Waals surface area contributed by atoms with Crippen LogP contribution < -0.4 is 9.64 Å². The summed E-state index contributed by atoms with van der Waals surface area (Å²) >= 11 is 3.46. The Morgan fingerprint density at radius 3 is 2.39 bits per heavy atom. The first-order valence-corrected chi connectivity index (χ1v) is 7.26. The zero-order valence-electron chi connectivity index (χ0n) is 10.9. The highest BCUT2D eigenvalue weighted by molar-refractivity contribution is 9.10. The molecule has 18 heavy (non-hydrogen) atoms. The Morgan fingerprint density at radius 1 is 1.17 bits per heavy atom. The SMILES string of the molecule is COc1nc(N2CCC3(CC2)CC3)nc(C)c1Br. The maximum atomic E-state index is 5.29. The van der Waals surface area contributed by atoms with Crippen molar-refractivity contribution in [3.8, 4) is 5.88 Å². The Kier molecular flexibility index (Phi) is 2.96. The molecule has 3 rings (SSSR count). The number of piperidine rings is 1. The van der Waals surface area contributed by atoms with Gasteiger partial charge in [-0.05, 0) is 54.0 Å². The fourth-order valence-electron chi connectivity index (χ4n) is 2.65. The molecule has 2 heterocycles. The number of halogens is 1. The van der Waals surface area contributed by atoms with Gasteiger partial charge in [-0.25, -0.2) is 4.98 Å². The van der Waals surface area contributed by atoms with E-state index in [2.05, 4.69) is 30.8 Å². The Balaban J connectivity index is 1.81. The van der Waals surface area contributed by atoms with E-state index < -0.39 is 0 Å². The molecule has 1 aromatic heterocycles. The number of ether oxygens (including phenoxy) is 1. The molecule has 0 bridgehead atoms. The van der Waals surface area contributed by atoms with E-state index in [0.717, 1.165) is 29.2 Å². The lowest BCUT2D eigenvalue weighted by Gasteiger charge is -2.32. The summed E-state index contributed by atoms with van der Waals surface area (Å²) in [5.41, 5.74) is 1.62. The summed E-state index contributed by atoms with van der Waals surface area (Å²) in [5, 5.41) is 0. The van der Waals surface area contributed by atoms with Gasteiger partial charge in [-0.15, -0.1) is 0 Å². The second-order valence-corrected chi connectivity index (χ2v) is 6.21. The zero-order chi connectivity index (χ0) is 12.8. The van der Waals surface area contributed by atoms with Gasteiger partial charge in [-0.1, -0.05) is 0 Å². The van der Waals surface area contributed by atoms with E-state index in [1.54, 1.807) is 7.11 Å².